The summed E-state index contributed by atoms with van der Waals surface area (Å²) in [5.74, 6) is -2.67. The lowest BCUT2D eigenvalue weighted by Gasteiger charge is -2.36. The molecule has 3 aromatic rings. The number of nitrogens with two attached hydrogens (primary N) is 1. The number of halogens is 6. The summed E-state index contributed by atoms with van der Waals surface area (Å²) in [5.41, 5.74) is 2.91. The van der Waals surface area contributed by atoms with E-state index < -0.39 is 46.8 Å². The smallest absolute Gasteiger partial charge is 0.417 e. The Morgan fingerprint density at radius 1 is 0.825 bits per heavy atom. The number of anilines is 1. The van der Waals surface area contributed by atoms with E-state index in [0.29, 0.717) is 5.69 Å². The van der Waals surface area contributed by atoms with Crippen molar-refractivity contribution in [3.05, 3.63) is 88.7 Å². The van der Waals surface area contributed by atoms with E-state index in [1.807, 2.05) is 0 Å². The van der Waals surface area contributed by atoms with E-state index in [2.05, 4.69) is 10.2 Å². The lowest BCUT2D eigenvalue weighted by Crippen LogP contribution is -2.49. The number of rotatable bonds is 4. The first-order chi connectivity index (χ1) is 18.7. The Kier molecular flexibility index (Phi) is 8.96. The fourth-order valence-corrected chi connectivity index (χ4v) is 3.79. The Bertz CT molecular complexity index is 1370. The summed E-state index contributed by atoms with van der Waals surface area (Å²) in [6, 6.07) is 9.91. The molecule has 0 atom stereocenters. The van der Waals surface area contributed by atoms with Crippen LogP contribution in [-0.2, 0) is 12.4 Å². The topological polar surface area (TPSA) is 130 Å². The van der Waals surface area contributed by atoms with Crippen LogP contribution >= 0.6 is 0 Å². The summed E-state index contributed by atoms with van der Waals surface area (Å²) in [4.78, 5) is 37.4. The predicted molar refractivity (Wildman–Crippen MR) is 129 cm³/mol. The van der Waals surface area contributed by atoms with Gasteiger partial charge in [-0.15, -0.1) is 5.10 Å². The molecule has 40 heavy (non-hydrogen) atoms. The Morgan fingerprint density at radius 2 is 1.43 bits per heavy atom. The number of carboxylic acids is 1. The van der Waals surface area contributed by atoms with Gasteiger partial charge < -0.3 is 20.6 Å². The molecule has 0 bridgehead atoms. The summed E-state index contributed by atoms with van der Waals surface area (Å²) in [6.45, 7) is 0.858. The molecular formula is C25H21F6N5O4. The standard InChI is InChI=1S/C17H15F3N4O3.C8H6F3NO/c18-17(19,20)12-4-2-1-3-11(12)15(25)24-9-7-23(8-10-24)13-5-6-21-22-14(13)16(26)27;9-8(10,11)6-3-1-5(2-4-6)7(12)13/h1-6H,7-10H2,(H,26,27);1-4H,(H2,12,13). The lowest BCUT2D eigenvalue weighted by molar-refractivity contribution is -0.138. The monoisotopic (exact) mass is 569 g/mol. The molecular weight excluding hydrogens is 548 g/mol. The fraction of sp³-hybridized carbons (Fsp3) is 0.240. The zero-order valence-electron chi connectivity index (χ0n) is 20.4. The van der Waals surface area contributed by atoms with Gasteiger partial charge in [-0.1, -0.05) is 12.1 Å². The van der Waals surface area contributed by atoms with Gasteiger partial charge in [0.2, 0.25) is 5.91 Å². The van der Waals surface area contributed by atoms with Crippen molar-refractivity contribution in [2.75, 3.05) is 31.1 Å². The molecule has 3 N–H and O–H groups in total. The van der Waals surface area contributed by atoms with Gasteiger partial charge in [-0.05, 0) is 42.5 Å². The van der Waals surface area contributed by atoms with Crippen molar-refractivity contribution in [2.24, 2.45) is 5.73 Å². The predicted octanol–water partition coefficient (Wildman–Crippen LogP) is 3.96. The largest absolute Gasteiger partial charge is 0.476 e. The molecule has 2 amide bonds. The van der Waals surface area contributed by atoms with Gasteiger partial charge in [0.25, 0.3) is 5.91 Å². The van der Waals surface area contributed by atoms with Crippen molar-refractivity contribution in [2.45, 2.75) is 12.4 Å². The number of carboxylic acid groups (broad SMARTS) is 1. The van der Waals surface area contributed by atoms with E-state index in [9.17, 15) is 45.8 Å². The maximum absolute atomic E-state index is 13.1. The Labute approximate surface area is 222 Å². The molecule has 4 rings (SSSR count). The Morgan fingerprint density at radius 3 is 1.95 bits per heavy atom. The van der Waals surface area contributed by atoms with Crippen molar-refractivity contribution >= 4 is 23.5 Å². The molecule has 1 aliphatic rings. The first-order valence-electron chi connectivity index (χ1n) is 11.4. The van der Waals surface area contributed by atoms with Crippen LogP contribution in [-0.4, -0.2) is 64.2 Å². The summed E-state index contributed by atoms with van der Waals surface area (Å²) < 4.78 is 75.4. The van der Waals surface area contributed by atoms with Gasteiger partial charge in [0.05, 0.1) is 28.6 Å². The van der Waals surface area contributed by atoms with Crippen LogP contribution in [0.5, 0.6) is 0 Å². The number of hydrogen-bond donors (Lipinski definition) is 2. The van der Waals surface area contributed by atoms with Gasteiger partial charge in [-0.2, -0.15) is 31.4 Å². The van der Waals surface area contributed by atoms with Crippen molar-refractivity contribution in [1.29, 1.82) is 0 Å². The average molecular weight is 569 g/mol. The van der Waals surface area contributed by atoms with Crippen molar-refractivity contribution in [3.8, 4) is 0 Å². The van der Waals surface area contributed by atoms with Gasteiger partial charge in [-0.25, -0.2) is 4.79 Å². The first kappa shape index (κ1) is 29.9. The molecule has 212 valence electrons. The number of hydrogen-bond acceptors (Lipinski definition) is 6. The lowest BCUT2D eigenvalue weighted by atomic mass is 10.1. The highest BCUT2D eigenvalue weighted by Gasteiger charge is 2.36. The molecule has 2 heterocycles. The van der Waals surface area contributed by atoms with E-state index in [-0.39, 0.29) is 37.4 Å². The molecule has 0 saturated carbocycles. The number of amides is 2. The summed E-state index contributed by atoms with van der Waals surface area (Å²) in [5, 5.41) is 16.3. The summed E-state index contributed by atoms with van der Waals surface area (Å²) in [7, 11) is 0. The van der Waals surface area contributed by atoms with Crippen LogP contribution < -0.4 is 10.6 Å². The van der Waals surface area contributed by atoms with Gasteiger partial charge in [-0.3, -0.25) is 9.59 Å². The SMILES string of the molecule is NC(=O)c1ccc(C(F)(F)F)cc1.O=C(O)c1nnccc1N1CCN(C(=O)c2ccccc2C(F)(F)F)CC1. The molecule has 0 unspecified atom stereocenters. The van der Waals surface area contributed by atoms with E-state index >= 15 is 0 Å². The normalized spacial score (nSPS) is 13.8. The Hall–Kier alpha value is -4.69. The third-order valence-corrected chi connectivity index (χ3v) is 5.77. The molecule has 1 aliphatic heterocycles. The minimum Gasteiger partial charge on any atom is -0.476 e. The zero-order chi connectivity index (χ0) is 29.7. The van der Waals surface area contributed by atoms with Crippen LogP contribution in [0, 0.1) is 0 Å². The van der Waals surface area contributed by atoms with Crippen LogP contribution in [0.15, 0.2) is 60.8 Å². The van der Waals surface area contributed by atoms with E-state index in [1.54, 1.807) is 4.90 Å². The van der Waals surface area contributed by atoms with Crippen LogP contribution in [0.3, 0.4) is 0 Å². The fourth-order valence-electron chi connectivity index (χ4n) is 3.79. The van der Waals surface area contributed by atoms with Crippen LogP contribution in [0.2, 0.25) is 0 Å². The molecule has 0 radical (unpaired) electrons. The highest BCUT2D eigenvalue weighted by Crippen LogP contribution is 2.33. The molecule has 0 spiro atoms. The van der Waals surface area contributed by atoms with Crippen LogP contribution in [0.4, 0.5) is 32.0 Å². The molecule has 15 heteroatoms. The van der Waals surface area contributed by atoms with E-state index in [1.165, 1.54) is 29.3 Å². The van der Waals surface area contributed by atoms with Gasteiger partial charge in [0, 0.05) is 31.7 Å². The number of aromatic carboxylic acids is 1. The average Bonchev–Trinajstić information content (AvgIpc) is 2.92. The zero-order valence-corrected chi connectivity index (χ0v) is 20.4. The summed E-state index contributed by atoms with van der Waals surface area (Å²) >= 11 is 0. The Balaban J connectivity index is 0.000000285. The van der Waals surface area contributed by atoms with Crippen molar-refractivity contribution in [1.82, 2.24) is 15.1 Å². The molecule has 9 nitrogen and oxygen atoms in total. The van der Waals surface area contributed by atoms with E-state index in [4.69, 9.17) is 5.73 Å². The highest BCUT2D eigenvalue weighted by atomic mass is 19.4. The number of aromatic nitrogens is 2. The minimum atomic E-state index is -4.62. The van der Waals surface area contributed by atoms with Gasteiger partial charge in [0.15, 0.2) is 5.69 Å². The number of carbonyl (C=O) groups excluding carboxylic acids is 2. The van der Waals surface area contributed by atoms with Gasteiger partial charge in [0.1, 0.15) is 0 Å². The quantitative estimate of drug-likeness (QED) is 0.455. The molecule has 1 saturated heterocycles. The van der Waals surface area contributed by atoms with Crippen molar-refractivity contribution < 1.29 is 45.8 Å². The molecule has 1 fully saturated rings. The minimum absolute atomic E-state index is 0.0630. The molecule has 2 aromatic carbocycles. The number of carbonyl (C=O) groups is 3. The number of nitrogens with zero attached hydrogens (tertiary/aromatic N) is 4. The third-order valence-electron chi connectivity index (χ3n) is 5.77. The second kappa shape index (κ2) is 12.0. The number of piperazine rings is 1. The number of primary amides is 1. The maximum Gasteiger partial charge on any atom is 0.417 e. The first-order valence-corrected chi connectivity index (χ1v) is 11.4. The summed E-state index contributed by atoms with van der Waals surface area (Å²) in [6.07, 6.45) is -7.64. The van der Waals surface area contributed by atoms with Crippen molar-refractivity contribution in [3.63, 3.8) is 0 Å². The van der Waals surface area contributed by atoms with Gasteiger partial charge >= 0.3 is 18.3 Å². The number of alkyl halides is 6. The maximum atomic E-state index is 13.1. The van der Waals surface area contributed by atoms with Crippen LogP contribution in [0.25, 0.3) is 0 Å². The molecule has 1 aromatic heterocycles. The second-order valence-corrected chi connectivity index (χ2v) is 8.33. The molecule has 0 aliphatic carbocycles. The number of benzene rings is 2. The second-order valence-electron chi connectivity index (χ2n) is 8.33. The third kappa shape index (κ3) is 7.24. The highest BCUT2D eigenvalue weighted by molar-refractivity contribution is 5.96. The van der Waals surface area contributed by atoms with E-state index in [0.717, 1.165) is 36.4 Å². The van der Waals surface area contributed by atoms with Crippen LogP contribution in [0.1, 0.15) is 42.3 Å².